The molecule has 0 radical (unpaired) electrons. The molecule has 0 atom stereocenters. The van der Waals surface area contributed by atoms with Crippen molar-refractivity contribution < 1.29 is 4.79 Å². The molecule has 0 aliphatic rings. The molecule has 4 rings (SSSR count). The van der Waals surface area contributed by atoms with Gasteiger partial charge in [-0.3, -0.25) is 14.0 Å². The lowest BCUT2D eigenvalue weighted by Crippen LogP contribution is -2.25. The van der Waals surface area contributed by atoms with Crippen molar-refractivity contribution >= 4 is 17.1 Å². The van der Waals surface area contributed by atoms with E-state index in [-0.39, 0.29) is 5.91 Å². The van der Waals surface area contributed by atoms with E-state index in [4.69, 9.17) is 0 Å². The Bertz CT molecular complexity index is 1110. The minimum absolute atomic E-state index is 0.157. The number of benzene rings is 1. The summed E-state index contributed by atoms with van der Waals surface area (Å²) in [4.78, 5) is 25.5. The van der Waals surface area contributed by atoms with Crippen molar-refractivity contribution in [3.63, 3.8) is 0 Å². The molecule has 1 N–H and O–H groups in total. The molecule has 28 heavy (non-hydrogen) atoms. The monoisotopic (exact) mass is 375 g/mol. The lowest BCUT2D eigenvalue weighted by molar-refractivity contribution is 0.0952. The summed E-state index contributed by atoms with van der Waals surface area (Å²) in [5, 5.41) is 7.24. The van der Waals surface area contributed by atoms with Crippen LogP contribution in [0.25, 0.3) is 16.9 Å². The molecule has 0 saturated carbocycles. The van der Waals surface area contributed by atoms with Gasteiger partial charge < -0.3 is 5.32 Å². The largest absolute Gasteiger partial charge is 0.352 e. The maximum Gasteiger partial charge on any atom is 0.252 e. The highest BCUT2D eigenvalue weighted by Gasteiger charge is 2.11. The van der Waals surface area contributed by atoms with Crippen molar-refractivity contribution in [2.75, 3.05) is 6.54 Å². The summed E-state index contributed by atoms with van der Waals surface area (Å²) >= 11 is 0. The number of imidazole rings is 1. The van der Waals surface area contributed by atoms with Crippen LogP contribution in [0.15, 0.2) is 48.9 Å². The fraction of sp³-hybridized carbons (Fsp3) is 0.250. The molecule has 3 aromatic heterocycles. The van der Waals surface area contributed by atoms with Crippen LogP contribution in [-0.2, 0) is 6.54 Å². The maximum atomic E-state index is 12.4. The Labute approximate surface area is 162 Å². The third-order valence-corrected chi connectivity index (χ3v) is 4.48. The van der Waals surface area contributed by atoms with Crippen molar-refractivity contribution in [3.05, 3.63) is 66.1 Å². The van der Waals surface area contributed by atoms with Crippen molar-refractivity contribution in [3.8, 4) is 5.69 Å². The third-order valence-electron chi connectivity index (χ3n) is 4.48. The molecule has 0 unspecified atom stereocenters. The third kappa shape index (κ3) is 3.62. The lowest BCUT2D eigenvalue weighted by atomic mass is 10.2. The summed E-state index contributed by atoms with van der Waals surface area (Å²) in [6.45, 7) is 5.06. The predicted octanol–water partition coefficient (Wildman–Crippen LogP) is 2.45. The summed E-state index contributed by atoms with van der Waals surface area (Å²) in [6, 6.07) is 11.6. The number of rotatable bonds is 6. The van der Waals surface area contributed by atoms with Gasteiger partial charge in [0.05, 0.1) is 5.56 Å². The summed E-state index contributed by atoms with van der Waals surface area (Å²) in [6.07, 6.45) is 4.08. The molecular formula is C20H21N7O. The first-order valence-corrected chi connectivity index (χ1v) is 9.16. The second-order valence-electron chi connectivity index (χ2n) is 6.56. The van der Waals surface area contributed by atoms with Crippen molar-refractivity contribution in [1.82, 2.24) is 34.6 Å². The van der Waals surface area contributed by atoms with Crippen LogP contribution in [0.4, 0.5) is 0 Å². The van der Waals surface area contributed by atoms with Gasteiger partial charge in [0.25, 0.3) is 5.91 Å². The first-order chi connectivity index (χ1) is 13.6. The van der Waals surface area contributed by atoms with Gasteiger partial charge in [-0.1, -0.05) is 18.2 Å². The molecule has 8 heteroatoms. The Hall–Kier alpha value is -3.55. The molecule has 1 amide bonds. The number of para-hydroxylation sites is 1. The van der Waals surface area contributed by atoms with E-state index in [1.54, 1.807) is 18.6 Å². The SMILES string of the molecule is Cc1nc(C)n(CCCNC(=O)c2cnc3c(c2)ncn3-c2ccccc2)n1. The van der Waals surface area contributed by atoms with Crippen LogP contribution < -0.4 is 5.32 Å². The van der Waals surface area contributed by atoms with Crippen molar-refractivity contribution in [1.29, 1.82) is 0 Å². The number of amides is 1. The zero-order chi connectivity index (χ0) is 19.5. The molecule has 0 aliphatic heterocycles. The van der Waals surface area contributed by atoms with Crippen molar-refractivity contribution in [2.45, 2.75) is 26.8 Å². The lowest BCUT2D eigenvalue weighted by Gasteiger charge is -2.07. The van der Waals surface area contributed by atoms with Crippen LogP contribution in [-0.4, -0.2) is 41.8 Å². The highest BCUT2D eigenvalue weighted by molar-refractivity contribution is 5.96. The second-order valence-corrected chi connectivity index (χ2v) is 6.56. The van der Waals surface area contributed by atoms with Crippen LogP contribution in [0.1, 0.15) is 28.4 Å². The van der Waals surface area contributed by atoms with Crippen LogP contribution in [0.2, 0.25) is 0 Å². The van der Waals surface area contributed by atoms with Gasteiger partial charge in [0.15, 0.2) is 5.65 Å². The molecule has 0 aliphatic carbocycles. The number of hydrogen-bond acceptors (Lipinski definition) is 5. The smallest absolute Gasteiger partial charge is 0.252 e. The second kappa shape index (κ2) is 7.59. The van der Waals surface area contributed by atoms with E-state index in [9.17, 15) is 4.79 Å². The number of aromatic nitrogens is 6. The van der Waals surface area contributed by atoms with E-state index in [0.717, 1.165) is 29.4 Å². The number of pyridine rings is 1. The average molecular weight is 375 g/mol. The van der Waals surface area contributed by atoms with Crippen LogP contribution in [0, 0.1) is 13.8 Å². The first kappa shape index (κ1) is 17.8. The summed E-state index contributed by atoms with van der Waals surface area (Å²) in [5.74, 6) is 1.48. The summed E-state index contributed by atoms with van der Waals surface area (Å²) < 4.78 is 3.75. The number of carbonyl (C=O) groups is 1. The van der Waals surface area contributed by atoms with E-state index >= 15 is 0 Å². The van der Waals surface area contributed by atoms with E-state index in [1.807, 2.05) is 53.4 Å². The number of nitrogens with one attached hydrogen (secondary N) is 1. The molecule has 0 bridgehead atoms. The zero-order valence-electron chi connectivity index (χ0n) is 15.8. The fourth-order valence-electron chi connectivity index (χ4n) is 3.11. The van der Waals surface area contributed by atoms with Gasteiger partial charge in [-0.05, 0) is 38.5 Å². The molecule has 142 valence electrons. The van der Waals surface area contributed by atoms with Crippen LogP contribution in [0.5, 0.6) is 0 Å². The highest BCUT2D eigenvalue weighted by atomic mass is 16.1. The fourth-order valence-corrected chi connectivity index (χ4v) is 3.11. The number of nitrogens with zero attached hydrogens (tertiary/aromatic N) is 6. The first-order valence-electron chi connectivity index (χ1n) is 9.16. The standard InChI is InChI=1S/C20H21N7O/c1-14-24-15(2)27(25-14)10-6-9-21-20(28)16-11-18-19(22-12-16)26(13-23-18)17-7-4-3-5-8-17/h3-5,7-8,11-13H,6,9-10H2,1-2H3,(H,21,28). The molecule has 1 aromatic carbocycles. The quantitative estimate of drug-likeness (QED) is 0.523. The minimum Gasteiger partial charge on any atom is -0.352 e. The molecule has 0 saturated heterocycles. The Morgan fingerprint density at radius 1 is 1.14 bits per heavy atom. The summed E-state index contributed by atoms with van der Waals surface area (Å²) in [5.41, 5.74) is 2.89. The molecule has 0 spiro atoms. The zero-order valence-corrected chi connectivity index (χ0v) is 15.8. The van der Waals surface area contributed by atoms with Gasteiger partial charge in [-0.2, -0.15) is 5.10 Å². The van der Waals surface area contributed by atoms with Gasteiger partial charge in [0.2, 0.25) is 0 Å². The summed E-state index contributed by atoms with van der Waals surface area (Å²) in [7, 11) is 0. The highest BCUT2D eigenvalue weighted by Crippen LogP contribution is 2.17. The molecule has 8 nitrogen and oxygen atoms in total. The molecular weight excluding hydrogens is 354 g/mol. The van der Waals surface area contributed by atoms with Gasteiger partial charge in [0, 0.05) is 25.0 Å². The van der Waals surface area contributed by atoms with Crippen LogP contribution in [0.3, 0.4) is 0 Å². The van der Waals surface area contributed by atoms with Gasteiger partial charge in [-0.15, -0.1) is 0 Å². The maximum absolute atomic E-state index is 12.4. The predicted molar refractivity (Wildman–Crippen MR) is 105 cm³/mol. The van der Waals surface area contributed by atoms with Crippen molar-refractivity contribution in [2.24, 2.45) is 0 Å². The van der Waals surface area contributed by atoms with E-state index in [2.05, 4.69) is 25.4 Å². The van der Waals surface area contributed by atoms with Gasteiger partial charge >= 0.3 is 0 Å². The number of fused-ring (bicyclic) bond motifs is 1. The Kier molecular flexibility index (Phi) is 4.84. The Morgan fingerprint density at radius 3 is 2.71 bits per heavy atom. The molecule has 4 aromatic rings. The number of carbonyl (C=O) groups excluding carboxylic acids is 1. The average Bonchev–Trinajstić information content (AvgIpc) is 3.27. The van der Waals surface area contributed by atoms with E-state index in [0.29, 0.717) is 24.2 Å². The van der Waals surface area contributed by atoms with Gasteiger partial charge in [-0.25, -0.2) is 15.0 Å². The topological polar surface area (TPSA) is 90.5 Å². The molecule has 3 heterocycles. The number of hydrogen-bond donors (Lipinski definition) is 1. The van der Waals surface area contributed by atoms with Gasteiger partial charge in [0.1, 0.15) is 23.5 Å². The number of aryl methyl sites for hydroxylation is 3. The normalized spacial score (nSPS) is 11.1. The minimum atomic E-state index is -0.157. The Morgan fingerprint density at radius 2 is 1.96 bits per heavy atom. The van der Waals surface area contributed by atoms with E-state index < -0.39 is 0 Å². The van der Waals surface area contributed by atoms with E-state index in [1.165, 1.54) is 0 Å². The molecule has 0 fully saturated rings. The Balaban J connectivity index is 1.40. The van der Waals surface area contributed by atoms with Crippen LogP contribution >= 0.6 is 0 Å².